The molecule has 0 saturated carbocycles. The highest BCUT2D eigenvalue weighted by Crippen LogP contribution is 2.16. The molecule has 4 heteroatoms. The van der Waals surface area contributed by atoms with Gasteiger partial charge in [-0.15, -0.1) is 0 Å². The van der Waals surface area contributed by atoms with E-state index in [-0.39, 0.29) is 11.7 Å². The molecule has 2 fully saturated rings. The molecule has 0 aliphatic carbocycles. The van der Waals surface area contributed by atoms with E-state index >= 15 is 0 Å². The predicted octanol–water partition coefficient (Wildman–Crippen LogP) is 0.787. The van der Waals surface area contributed by atoms with Crippen molar-refractivity contribution in [1.82, 2.24) is 9.80 Å². The van der Waals surface area contributed by atoms with Gasteiger partial charge in [-0.05, 0) is 12.8 Å². The summed E-state index contributed by atoms with van der Waals surface area (Å²) in [6, 6.07) is 0. The molecule has 0 aromatic rings. The van der Waals surface area contributed by atoms with Gasteiger partial charge in [0.15, 0.2) is 0 Å². The molecule has 1 amide bonds. The third-order valence-electron chi connectivity index (χ3n) is 3.34. The Bertz CT molecular complexity index is 309. The van der Waals surface area contributed by atoms with Gasteiger partial charge in [0, 0.05) is 39.0 Å². The maximum atomic E-state index is 12.0. The van der Waals surface area contributed by atoms with Crippen molar-refractivity contribution in [3.63, 3.8) is 0 Å². The van der Waals surface area contributed by atoms with E-state index in [4.69, 9.17) is 0 Å². The molecular formula is C12H18N2O2. The van der Waals surface area contributed by atoms with Crippen molar-refractivity contribution in [3.8, 4) is 0 Å². The van der Waals surface area contributed by atoms with Crippen LogP contribution in [-0.4, -0.2) is 47.7 Å². The van der Waals surface area contributed by atoms with Gasteiger partial charge in [-0.3, -0.25) is 9.59 Å². The first-order chi connectivity index (χ1) is 7.68. The van der Waals surface area contributed by atoms with E-state index in [1.807, 2.05) is 9.80 Å². The Hall–Kier alpha value is -1.32. The van der Waals surface area contributed by atoms with Crippen molar-refractivity contribution in [2.45, 2.75) is 25.7 Å². The minimum atomic E-state index is 0.0480. The van der Waals surface area contributed by atoms with Crippen molar-refractivity contribution in [2.75, 3.05) is 26.2 Å². The van der Waals surface area contributed by atoms with Gasteiger partial charge in [0.05, 0.1) is 5.70 Å². The average molecular weight is 222 g/mol. The lowest BCUT2D eigenvalue weighted by Crippen LogP contribution is -2.40. The lowest BCUT2D eigenvalue weighted by atomic mass is 10.1. The Balaban J connectivity index is 1.91. The van der Waals surface area contributed by atoms with Crippen LogP contribution in [0.15, 0.2) is 12.3 Å². The summed E-state index contributed by atoms with van der Waals surface area (Å²) in [6.07, 6.45) is 3.29. The minimum Gasteiger partial charge on any atom is -0.367 e. The van der Waals surface area contributed by atoms with Gasteiger partial charge >= 0.3 is 0 Å². The van der Waals surface area contributed by atoms with Crippen LogP contribution in [0.3, 0.4) is 0 Å². The van der Waals surface area contributed by atoms with Crippen LogP contribution in [0.25, 0.3) is 0 Å². The van der Waals surface area contributed by atoms with Crippen LogP contribution in [-0.2, 0) is 9.59 Å². The van der Waals surface area contributed by atoms with Crippen LogP contribution >= 0.6 is 0 Å². The summed E-state index contributed by atoms with van der Waals surface area (Å²) in [4.78, 5) is 26.9. The maximum Gasteiger partial charge on any atom is 0.269 e. The van der Waals surface area contributed by atoms with Crippen LogP contribution < -0.4 is 0 Å². The van der Waals surface area contributed by atoms with E-state index in [2.05, 4.69) is 6.58 Å². The number of amides is 1. The van der Waals surface area contributed by atoms with Crippen LogP contribution in [0, 0.1) is 0 Å². The third-order valence-corrected chi connectivity index (χ3v) is 3.34. The summed E-state index contributed by atoms with van der Waals surface area (Å²) in [5, 5.41) is 0. The zero-order valence-corrected chi connectivity index (χ0v) is 9.57. The molecule has 2 heterocycles. The molecule has 0 aromatic carbocycles. The number of likely N-dealkylation sites (tertiary alicyclic amines) is 2. The summed E-state index contributed by atoms with van der Waals surface area (Å²) < 4.78 is 0. The monoisotopic (exact) mass is 222 g/mol. The number of Topliss-reactive ketones (excluding diaryl/α,β-unsaturated/α-hetero) is 1. The quantitative estimate of drug-likeness (QED) is 0.648. The van der Waals surface area contributed by atoms with E-state index in [9.17, 15) is 9.59 Å². The summed E-state index contributed by atoms with van der Waals surface area (Å²) in [7, 11) is 0. The third kappa shape index (κ3) is 2.26. The Morgan fingerprint density at radius 2 is 1.56 bits per heavy atom. The highest BCUT2D eigenvalue weighted by atomic mass is 16.2. The SMILES string of the molecule is C=C(C(=O)N1CCCC1)N1CCC(=O)CC1. The minimum absolute atomic E-state index is 0.0480. The van der Waals surface area contributed by atoms with Crippen molar-refractivity contribution in [2.24, 2.45) is 0 Å². The fourth-order valence-corrected chi connectivity index (χ4v) is 2.26. The number of rotatable bonds is 2. The zero-order valence-electron chi connectivity index (χ0n) is 9.57. The molecule has 0 atom stereocenters. The molecule has 2 aliphatic rings. The van der Waals surface area contributed by atoms with Gasteiger partial charge in [0.2, 0.25) is 0 Å². The number of hydrogen-bond acceptors (Lipinski definition) is 3. The topological polar surface area (TPSA) is 40.6 Å². The first-order valence-corrected chi connectivity index (χ1v) is 5.93. The van der Waals surface area contributed by atoms with E-state index in [1.165, 1.54) is 0 Å². The second-order valence-electron chi connectivity index (χ2n) is 4.47. The lowest BCUT2D eigenvalue weighted by Gasteiger charge is -2.30. The zero-order chi connectivity index (χ0) is 11.5. The molecule has 4 nitrogen and oxygen atoms in total. The second kappa shape index (κ2) is 4.68. The van der Waals surface area contributed by atoms with Crippen molar-refractivity contribution in [1.29, 1.82) is 0 Å². The van der Waals surface area contributed by atoms with Gasteiger partial charge in [-0.1, -0.05) is 6.58 Å². The highest BCUT2D eigenvalue weighted by Gasteiger charge is 2.26. The van der Waals surface area contributed by atoms with Gasteiger partial charge in [0.1, 0.15) is 5.78 Å². The first-order valence-electron chi connectivity index (χ1n) is 5.93. The van der Waals surface area contributed by atoms with Gasteiger partial charge in [-0.25, -0.2) is 0 Å². The molecule has 0 unspecified atom stereocenters. The fraction of sp³-hybridized carbons (Fsp3) is 0.667. The number of carbonyl (C=O) groups is 2. The molecule has 2 rings (SSSR count). The Morgan fingerprint density at radius 1 is 1.00 bits per heavy atom. The molecule has 0 aromatic heterocycles. The van der Waals surface area contributed by atoms with Crippen LogP contribution in [0.4, 0.5) is 0 Å². The van der Waals surface area contributed by atoms with Gasteiger partial charge < -0.3 is 9.80 Å². The van der Waals surface area contributed by atoms with E-state index in [0.717, 1.165) is 25.9 Å². The number of piperidine rings is 1. The van der Waals surface area contributed by atoms with E-state index in [0.29, 0.717) is 31.6 Å². The van der Waals surface area contributed by atoms with E-state index < -0.39 is 0 Å². The van der Waals surface area contributed by atoms with Gasteiger partial charge in [-0.2, -0.15) is 0 Å². The lowest BCUT2D eigenvalue weighted by molar-refractivity contribution is -0.129. The largest absolute Gasteiger partial charge is 0.367 e. The molecule has 0 N–H and O–H groups in total. The Kier molecular flexibility index (Phi) is 3.27. The molecule has 88 valence electrons. The molecule has 0 radical (unpaired) electrons. The smallest absolute Gasteiger partial charge is 0.269 e. The van der Waals surface area contributed by atoms with Gasteiger partial charge in [0.25, 0.3) is 5.91 Å². The molecular weight excluding hydrogens is 204 g/mol. The van der Waals surface area contributed by atoms with Crippen molar-refractivity contribution < 1.29 is 9.59 Å². The van der Waals surface area contributed by atoms with Crippen LogP contribution in [0.2, 0.25) is 0 Å². The standard InChI is InChI=1S/C12H18N2O2/c1-10(12(16)14-6-2-3-7-14)13-8-4-11(15)5-9-13/h1-9H2. The van der Waals surface area contributed by atoms with Crippen molar-refractivity contribution in [3.05, 3.63) is 12.3 Å². The predicted molar refractivity (Wildman–Crippen MR) is 60.8 cm³/mol. The molecule has 0 spiro atoms. The Labute approximate surface area is 95.9 Å². The Morgan fingerprint density at radius 3 is 2.12 bits per heavy atom. The number of nitrogens with zero attached hydrogens (tertiary/aromatic N) is 2. The molecule has 0 bridgehead atoms. The summed E-state index contributed by atoms with van der Waals surface area (Å²) in [6.45, 7) is 6.88. The number of carbonyl (C=O) groups excluding carboxylic acids is 2. The molecule has 2 saturated heterocycles. The number of hydrogen-bond donors (Lipinski definition) is 0. The maximum absolute atomic E-state index is 12.0. The first kappa shape index (κ1) is 11.2. The fourth-order valence-electron chi connectivity index (χ4n) is 2.26. The van der Waals surface area contributed by atoms with Crippen molar-refractivity contribution >= 4 is 11.7 Å². The molecule has 16 heavy (non-hydrogen) atoms. The normalized spacial score (nSPS) is 21.4. The van der Waals surface area contributed by atoms with E-state index in [1.54, 1.807) is 0 Å². The summed E-state index contributed by atoms with van der Waals surface area (Å²) in [5.74, 6) is 0.338. The average Bonchev–Trinajstić information content (AvgIpc) is 2.81. The highest BCUT2D eigenvalue weighted by molar-refractivity contribution is 5.92. The number of ketones is 1. The van der Waals surface area contributed by atoms with Crippen LogP contribution in [0.5, 0.6) is 0 Å². The summed E-state index contributed by atoms with van der Waals surface area (Å²) in [5.41, 5.74) is 0.564. The molecule has 2 aliphatic heterocycles. The summed E-state index contributed by atoms with van der Waals surface area (Å²) >= 11 is 0. The van der Waals surface area contributed by atoms with Crippen LogP contribution in [0.1, 0.15) is 25.7 Å². The second-order valence-corrected chi connectivity index (χ2v) is 4.47.